The standard InChI is InChI=1S/C14H15N2/c1-10(11-2-6-13(15)7-3-11)12-4-8-14(16)9-5-12/h2-10H,1,15-16H2. The van der Waals surface area contributed by atoms with Crippen molar-refractivity contribution in [2.45, 2.75) is 5.92 Å². The molecule has 4 N–H and O–H groups in total. The van der Waals surface area contributed by atoms with Crippen molar-refractivity contribution in [2.75, 3.05) is 11.5 Å². The largest absolute Gasteiger partial charge is 0.399 e. The number of nitrogen functional groups attached to an aromatic ring is 2. The molecule has 0 saturated heterocycles. The van der Waals surface area contributed by atoms with Crippen molar-refractivity contribution >= 4 is 11.4 Å². The molecule has 2 aromatic rings. The maximum absolute atomic E-state index is 5.65. The fourth-order valence-electron chi connectivity index (χ4n) is 1.65. The first-order valence-electron chi connectivity index (χ1n) is 5.21. The Labute approximate surface area is 95.9 Å². The van der Waals surface area contributed by atoms with Gasteiger partial charge in [0, 0.05) is 17.3 Å². The third-order valence-corrected chi connectivity index (χ3v) is 2.68. The van der Waals surface area contributed by atoms with E-state index in [0.29, 0.717) is 0 Å². The van der Waals surface area contributed by atoms with Gasteiger partial charge in [0.15, 0.2) is 0 Å². The van der Waals surface area contributed by atoms with Crippen LogP contribution in [0.15, 0.2) is 48.5 Å². The second kappa shape index (κ2) is 4.27. The first-order chi connectivity index (χ1) is 7.66. The van der Waals surface area contributed by atoms with E-state index in [2.05, 4.69) is 6.92 Å². The molecule has 2 nitrogen and oxygen atoms in total. The zero-order chi connectivity index (χ0) is 11.5. The number of hydrogen-bond donors (Lipinski definition) is 2. The molecule has 81 valence electrons. The molecule has 2 rings (SSSR count). The zero-order valence-electron chi connectivity index (χ0n) is 9.06. The molecule has 16 heavy (non-hydrogen) atoms. The minimum Gasteiger partial charge on any atom is -0.399 e. The van der Waals surface area contributed by atoms with Crippen LogP contribution in [-0.4, -0.2) is 0 Å². The van der Waals surface area contributed by atoms with Crippen molar-refractivity contribution in [3.63, 3.8) is 0 Å². The molecule has 0 atom stereocenters. The molecule has 0 bridgehead atoms. The summed E-state index contributed by atoms with van der Waals surface area (Å²) >= 11 is 0. The van der Waals surface area contributed by atoms with E-state index in [1.54, 1.807) is 0 Å². The predicted molar refractivity (Wildman–Crippen MR) is 68.9 cm³/mol. The minimum atomic E-state index is 0.112. The van der Waals surface area contributed by atoms with Crippen LogP contribution in [0.3, 0.4) is 0 Å². The Balaban J connectivity index is 2.28. The number of benzene rings is 2. The van der Waals surface area contributed by atoms with Crippen molar-refractivity contribution in [1.82, 2.24) is 0 Å². The molecule has 1 radical (unpaired) electrons. The minimum absolute atomic E-state index is 0.112. The summed E-state index contributed by atoms with van der Waals surface area (Å²) in [4.78, 5) is 0. The topological polar surface area (TPSA) is 52.0 Å². The Morgan fingerprint density at radius 1 is 0.688 bits per heavy atom. The summed E-state index contributed by atoms with van der Waals surface area (Å²) in [7, 11) is 0. The molecule has 0 heterocycles. The van der Waals surface area contributed by atoms with Gasteiger partial charge in [-0.15, -0.1) is 0 Å². The first-order valence-corrected chi connectivity index (χ1v) is 5.21. The van der Waals surface area contributed by atoms with Crippen LogP contribution < -0.4 is 11.5 Å². The van der Waals surface area contributed by atoms with Gasteiger partial charge in [-0.2, -0.15) is 0 Å². The van der Waals surface area contributed by atoms with Gasteiger partial charge < -0.3 is 11.5 Å². The Morgan fingerprint density at radius 3 is 1.31 bits per heavy atom. The van der Waals surface area contributed by atoms with E-state index in [1.807, 2.05) is 48.5 Å². The van der Waals surface area contributed by atoms with Crippen LogP contribution in [0, 0.1) is 6.92 Å². The summed E-state index contributed by atoms with van der Waals surface area (Å²) in [5, 5.41) is 0. The molecule has 0 aromatic heterocycles. The lowest BCUT2D eigenvalue weighted by molar-refractivity contribution is 1.02. The summed E-state index contributed by atoms with van der Waals surface area (Å²) in [6, 6.07) is 15.6. The van der Waals surface area contributed by atoms with E-state index in [4.69, 9.17) is 11.5 Å². The third-order valence-electron chi connectivity index (χ3n) is 2.68. The molecule has 0 unspecified atom stereocenters. The van der Waals surface area contributed by atoms with E-state index in [-0.39, 0.29) is 5.92 Å². The fraction of sp³-hybridized carbons (Fsp3) is 0.0714. The Hall–Kier alpha value is -1.96. The molecule has 0 spiro atoms. The molecule has 0 aliphatic heterocycles. The smallest absolute Gasteiger partial charge is 0.0314 e. The third kappa shape index (κ3) is 2.16. The van der Waals surface area contributed by atoms with Crippen molar-refractivity contribution in [3.05, 3.63) is 66.6 Å². The molecule has 0 aliphatic carbocycles. The van der Waals surface area contributed by atoms with Gasteiger partial charge in [-0.05, 0) is 42.3 Å². The lowest BCUT2D eigenvalue weighted by atomic mass is 9.93. The van der Waals surface area contributed by atoms with Gasteiger partial charge in [0.1, 0.15) is 0 Å². The Bertz CT molecular complexity index is 412. The molecule has 0 aliphatic rings. The summed E-state index contributed by atoms with van der Waals surface area (Å²) < 4.78 is 0. The number of rotatable bonds is 2. The van der Waals surface area contributed by atoms with Gasteiger partial charge in [0.2, 0.25) is 0 Å². The molecule has 0 saturated carbocycles. The fourth-order valence-corrected chi connectivity index (χ4v) is 1.65. The average molecular weight is 211 g/mol. The summed E-state index contributed by atoms with van der Waals surface area (Å²) in [5.74, 6) is 0.112. The monoisotopic (exact) mass is 211 g/mol. The van der Waals surface area contributed by atoms with Gasteiger partial charge in [-0.1, -0.05) is 24.3 Å². The maximum Gasteiger partial charge on any atom is 0.0314 e. The lowest BCUT2D eigenvalue weighted by Crippen LogP contribution is -1.97. The molecular formula is C14H15N2. The lowest BCUT2D eigenvalue weighted by Gasteiger charge is -2.12. The molecular weight excluding hydrogens is 196 g/mol. The summed E-state index contributed by atoms with van der Waals surface area (Å²) in [6.45, 7) is 4.16. The van der Waals surface area contributed by atoms with Gasteiger partial charge >= 0.3 is 0 Å². The Kier molecular flexibility index (Phi) is 2.82. The molecule has 0 fully saturated rings. The zero-order valence-corrected chi connectivity index (χ0v) is 9.06. The highest BCUT2D eigenvalue weighted by molar-refractivity contribution is 5.45. The highest BCUT2D eigenvalue weighted by Gasteiger charge is 2.07. The van der Waals surface area contributed by atoms with E-state index < -0.39 is 0 Å². The van der Waals surface area contributed by atoms with Crippen LogP contribution in [0.1, 0.15) is 17.0 Å². The van der Waals surface area contributed by atoms with E-state index in [1.165, 1.54) is 0 Å². The SMILES string of the molecule is [CH2]C(c1ccc(N)cc1)c1ccc(N)cc1. The predicted octanol–water partition coefficient (Wildman–Crippen LogP) is 2.82. The average Bonchev–Trinajstić information content (AvgIpc) is 2.30. The summed E-state index contributed by atoms with van der Waals surface area (Å²) in [5.41, 5.74) is 15.1. The van der Waals surface area contributed by atoms with E-state index in [0.717, 1.165) is 22.5 Å². The van der Waals surface area contributed by atoms with Crippen molar-refractivity contribution in [1.29, 1.82) is 0 Å². The van der Waals surface area contributed by atoms with Crippen LogP contribution in [0.25, 0.3) is 0 Å². The van der Waals surface area contributed by atoms with Crippen LogP contribution in [0.4, 0.5) is 11.4 Å². The van der Waals surface area contributed by atoms with Gasteiger partial charge in [-0.25, -0.2) is 0 Å². The van der Waals surface area contributed by atoms with Crippen LogP contribution in [0.2, 0.25) is 0 Å². The van der Waals surface area contributed by atoms with Crippen molar-refractivity contribution < 1.29 is 0 Å². The second-order valence-electron chi connectivity index (χ2n) is 3.89. The molecule has 2 aromatic carbocycles. The summed E-state index contributed by atoms with van der Waals surface area (Å²) in [6.07, 6.45) is 0. The second-order valence-corrected chi connectivity index (χ2v) is 3.89. The van der Waals surface area contributed by atoms with Crippen LogP contribution in [-0.2, 0) is 0 Å². The van der Waals surface area contributed by atoms with Crippen molar-refractivity contribution in [2.24, 2.45) is 0 Å². The van der Waals surface area contributed by atoms with E-state index in [9.17, 15) is 0 Å². The van der Waals surface area contributed by atoms with Crippen molar-refractivity contribution in [3.8, 4) is 0 Å². The first kappa shape index (κ1) is 10.6. The van der Waals surface area contributed by atoms with Gasteiger partial charge in [-0.3, -0.25) is 0 Å². The van der Waals surface area contributed by atoms with Crippen LogP contribution >= 0.6 is 0 Å². The number of nitrogens with two attached hydrogens (primary N) is 2. The molecule has 0 amide bonds. The highest BCUT2D eigenvalue weighted by Crippen LogP contribution is 2.24. The highest BCUT2D eigenvalue weighted by atomic mass is 14.5. The Morgan fingerprint density at radius 2 is 1.00 bits per heavy atom. The van der Waals surface area contributed by atoms with Gasteiger partial charge in [0.25, 0.3) is 0 Å². The van der Waals surface area contributed by atoms with E-state index >= 15 is 0 Å². The molecule has 2 heteroatoms. The quantitative estimate of drug-likeness (QED) is 0.750. The van der Waals surface area contributed by atoms with Gasteiger partial charge in [0.05, 0.1) is 0 Å². The van der Waals surface area contributed by atoms with Crippen LogP contribution in [0.5, 0.6) is 0 Å². The number of anilines is 2. The maximum atomic E-state index is 5.65. The number of hydrogen-bond acceptors (Lipinski definition) is 2. The normalized spacial score (nSPS) is 10.6.